The lowest BCUT2D eigenvalue weighted by Gasteiger charge is -2.34. The molecule has 1 atom stereocenters. The fourth-order valence-corrected chi connectivity index (χ4v) is 3.44. The highest BCUT2D eigenvalue weighted by Crippen LogP contribution is 2.17. The Morgan fingerprint density at radius 3 is 2.65 bits per heavy atom. The van der Waals surface area contributed by atoms with Gasteiger partial charge in [0.2, 0.25) is 11.8 Å². The second kappa shape index (κ2) is 8.21. The summed E-state index contributed by atoms with van der Waals surface area (Å²) in [5.74, 6) is 0.617. The summed E-state index contributed by atoms with van der Waals surface area (Å²) in [6.45, 7) is 4.72. The van der Waals surface area contributed by atoms with Gasteiger partial charge in [-0.05, 0) is 37.1 Å². The predicted molar refractivity (Wildman–Crippen MR) is 95.9 cm³/mol. The molecule has 1 aromatic rings. The van der Waals surface area contributed by atoms with Crippen molar-refractivity contribution in [3.05, 3.63) is 29.8 Å². The van der Waals surface area contributed by atoms with Crippen LogP contribution in [-0.4, -0.2) is 66.3 Å². The second-order valence-corrected chi connectivity index (χ2v) is 6.57. The first-order valence-electron chi connectivity index (χ1n) is 9.19. The van der Waals surface area contributed by atoms with E-state index in [1.54, 1.807) is 29.2 Å². The fraction of sp³-hybridized carbons (Fsp3) is 0.526. The Balaban J connectivity index is 1.55. The van der Waals surface area contributed by atoms with Crippen LogP contribution >= 0.6 is 0 Å². The van der Waals surface area contributed by atoms with Gasteiger partial charge in [-0.15, -0.1) is 0 Å². The Morgan fingerprint density at radius 2 is 2.00 bits per heavy atom. The van der Waals surface area contributed by atoms with Crippen LogP contribution in [0.1, 0.15) is 36.5 Å². The van der Waals surface area contributed by atoms with E-state index in [-0.39, 0.29) is 17.7 Å². The maximum atomic E-state index is 12.7. The maximum absolute atomic E-state index is 12.7. The average molecular weight is 359 g/mol. The normalized spacial score (nSPS) is 20.3. The SMILES string of the molecule is CCC1C(=O)NCCN1C(=O)c1ccc(OCCN2CCCC2=O)cc1. The number of carbonyl (C=O) groups is 3. The zero-order chi connectivity index (χ0) is 18.5. The zero-order valence-electron chi connectivity index (χ0n) is 15.1. The van der Waals surface area contributed by atoms with Crippen LogP contribution in [0.15, 0.2) is 24.3 Å². The number of rotatable bonds is 6. The van der Waals surface area contributed by atoms with E-state index in [1.165, 1.54) is 0 Å². The molecular weight excluding hydrogens is 334 g/mol. The molecule has 7 heteroatoms. The van der Waals surface area contributed by atoms with E-state index in [0.29, 0.717) is 50.4 Å². The van der Waals surface area contributed by atoms with Gasteiger partial charge in [-0.2, -0.15) is 0 Å². The Hall–Kier alpha value is -2.57. The van der Waals surface area contributed by atoms with Crippen LogP contribution in [0.25, 0.3) is 0 Å². The van der Waals surface area contributed by atoms with Gasteiger partial charge in [-0.3, -0.25) is 14.4 Å². The summed E-state index contributed by atoms with van der Waals surface area (Å²) in [6.07, 6.45) is 2.14. The van der Waals surface area contributed by atoms with Gasteiger partial charge in [0, 0.05) is 31.6 Å². The van der Waals surface area contributed by atoms with E-state index in [4.69, 9.17) is 4.74 Å². The number of nitrogens with zero attached hydrogens (tertiary/aromatic N) is 2. The number of hydrogen-bond donors (Lipinski definition) is 1. The van der Waals surface area contributed by atoms with Gasteiger partial charge < -0.3 is 19.9 Å². The van der Waals surface area contributed by atoms with E-state index in [0.717, 1.165) is 13.0 Å². The highest BCUT2D eigenvalue weighted by molar-refractivity contribution is 5.98. The van der Waals surface area contributed by atoms with Crippen LogP contribution in [0.2, 0.25) is 0 Å². The lowest BCUT2D eigenvalue weighted by molar-refractivity contribution is -0.128. The Bertz CT molecular complexity index is 674. The molecule has 1 aromatic carbocycles. The number of carbonyl (C=O) groups excluding carboxylic acids is 3. The summed E-state index contributed by atoms with van der Waals surface area (Å²) in [6, 6.07) is 6.54. The van der Waals surface area contributed by atoms with E-state index >= 15 is 0 Å². The number of likely N-dealkylation sites (tertiary alicyclic amines) is 1. The fourth-order valence-electron chi connectivity index (χ4n) is 3.44. The highest BCUT2D eigenvalue weighted by atomic mass is 16.5. The van der Waals surface area contributed by atoms with Crippen molar-refractivity contribution in [3.8, 4) is 5.75 Å². The van der Waals surface area contributed by atoms with Crippen LogP contribution < -0.4 is 10.1 Å². The predicted octanol–water partition coefficient (Wildman–Crippen LogP) is 1.04. The molecule has 26 heavy (non-hydrogen) atoms. The molecule has 2 heterocycles. The summed E-state index contributed by atoms with van der Waals surface area (Å²) < 4.78 is 5.67. The number of piperazine rings is 1. The molecule has 0 bridgehead atoms. The summed E-state index contributed by atoms with van der Waals surface area (Å²) in [5.41, 5.74) is 0.542. The van der Waals surface area contributed by atoms with Crippen LogP contribution in [0.4, 0.5) is 0 Å². The number of nitrogens with one attached hydrogen (secondary N) is 1. The van der Waals surface area contributed by atoms with Crippen molar-refractivity contribution in [2.24, 2.45) is 0 Å². The second-order valence-electron chi connectivity index (χ2n) is 6.57. The molecule has 2 fully saturated rings. The molecule has 140 valence electrons. The lowest BCUT2D eigenvalue weighted by Crippen LogP contribution is -2.56. The summed E-state index contributed by atoms with van der Waals surface area (Å²) in [4.78, 5) is 39.6. The average Bonchev–Trinajstić information content (AvgIpc) is 3.06. The molecule has 0 aromatic heterocycles. The third-order valence-electron chi connectivity index (χ3n) is 4.88. The maximum Gasteiger partial charge on any atom is 0.254 e. The molecule has 0 spiro atoms. The molecule has 0 aliphatic carbocycles. The van der Waals surface area contributed by atoms with Crippen LogP contribution in [-0.2, 0) is 9.59 Å². The van der Waals surface area contributed by atoms with Crippen molar-refractivity contribution < 1.29 is 19.1 Å². The van der Waals surface area contributed by atoms with Gasteiger partial charge >= 0.3 is 0 Å². The van der Waals surface area contributed by atoms with Gasteiger partial charge in [0.15, 0.2) is 0 Å². The minimum Gasteiger partial charge on any atom is -0.492 e. The Labute approximate surface area is 153 Å². The smallest absolute Gasteiger partial charge is 0.254 e. The number of hydrogen-bond acceptors (Lipinski definition) is 4. The Morgan fingerprint density at radius 1 is 1.23 bits per heavy atom. The molecule has 2 saturated heterocycles. The monoisotopic (exact) mass is 359 g/mol. The van der Waals surface area contributed by atoms with Crippen LogP contribution in [0, 0.1) is 0 Å². The van der Waals surface area contributed by atoms with Crippen LogP contribution in [0.3, 0.4) is 0 Å². The van der Waals surface area contributed by atoms with Gasteiger partial charge in [0.1, 0.15) is 18.4 Å². The van der Waals surface area contributed by atoms with Gasteiger partial charge in [-0.1, -0.05) is 6.92 Å². The first kappa shape index (κ1) is 18.2. The van der Waals surface area contributed by atoms with Crippen molar-refractivity contribution in [2.75, 3.05) is 32.8 Å². The molecule has 1 N–H and O–H groups in total. The first-order chi connectivity index (χ1) is 12.6. The van der Waals surface area contributed by atoms with E-state index in [1.807, 2.05) is 11.8 Å². The summed E-state index contributed by atoms with van der Waals surface area (Å²) in [7, 11) is 0. The number of amides is 3. The molecule has 2 aliphatic rings. The van der Waals surface area contributed by atoms with Crippen LogP contribution in [0.5, 0.6) is 5.75 Å². The number of benzene rings is 1. The van der Waals surface area contributed by atoms with E-state index < -0.39 is 6.04 Å². The first-order valence-corrected chi connectivity index (χ1v) is 9.19. The zero-order valence-corrected chi connectivity index (χ0v) is 15.1. The molecule has 2 aliphatic heterocycles. The van der Waals surface area contributed by atoms with Crippen molar-refractivity contribution in [1.29, 1.82) is 0 Å². The standard InChI is InChI=1S/C19H25N3O4/c1-2-16-18(24)20-9-11-22(16)19(25)14-5-7-15(8-6-14)26-13-12-21-10-3-4-17(21)23/h5-8,16H,2-4,9-13H2,1H3,(H,20,24). The van der Waals surface area contributed by atoms with E-state index in [2.05, 4.69) is 5.32 Å². The lowest BCUT2D eigenvalue weighted by atomic mass is 10.1. The highest BCUT2D eigenvalue weighted by Gasteiger charge is 2.32. The molecule has 3 amide bonds. The molecular formula is C19H25N3O4. The largest absolute Gasteiger partial charge is 0.492 e. The van der Waals surface area contributed by atoms with Crippen molar-refractivity contribution in [1.82, 2.24) is 15.1 Å². The van der Waals surface area contributed by atoms with Gasteiger partial charge in [-0.25, -0.2) is 0 Å². The van der Waals surface area contributed by atoms with Crippen molar-refractivity contribution in [2.45, 2.75) is 32.2 Å². The van der Waals surface area contributed by atoms with E-state index in [9.17, 15) is 14.4 Å². The van der Waals surface area contributed by atoms with Crippen molar-refractivity contribution >= 4 is 17.7 Å². The molecule has 3 rings (SSSR count). The minimum absolute atomic E-state index is 0.0940. The minimum atomic E-state index is -0.412. The molecule has 0 saturated carbocycles. The van der Waals surface area contributed by atoms with Gasteiger partial charge in [0.05, 0.1) is 6.54 Å². The third kappa shape index (κ3) is 3.98. The topological polar surface area (TPSA) is 79.0 Å². The summed E-state index contributed by atoms with van der Waals surface area (Å²) in [5, 5.41) is 2.80. The summed E-state index contributed by atoms with van der Waals surface area (Å²) >= 11 is 0. The molecule has 0 radical (unpaired) electrons. The number of ether oxygens (including phenoxy) is 1. The molecule has 1 unspecified atom stereocenters. The Kier molecular flexibility index (Phi) is 5.75. The molecule has 7 nitrogen and oxygen atoms in total. The van der Waals surface area contributed by atoms with Crippen molar-refractivity contribution in [3.63, 3.8) is 0 Å². The quantitative estimate of drug-likeness (QED) is 0.823. The van der Waals surface area contributed by atoms with Gasteiger partial charge in [0.25, 0.3) is 5.91 Å². The third-order valence-corrected chi connectivity index (χ3v) is 4.88.